The number of carbonyl (C=O) groups excluding carboxylic acids is 1. The van der Waals surface area contributed by atoms with Crippen molar-refractivity contribution < 1.29 is 9.18 Å². The van der Waals surface area contributed by atoms with Crippen LogP contribution in [0.5, 0.6) is 0 Å². The van der Waals surface area contributed by atoms with Gasteiger partial charge in [-0.25, -0.2) is 9.18 Å². The quantitative estimate of drug-likeness (QED) is 0.743. The molecular formula is C20H18FN3O3. The average molecular weight is 367 g/mol. The molecule has 0 bridgehead atoms. The second-order valence-electron chi connectivity index (χ2n) is 6.24. The molecule has 7 heteroatoms. The van der Waals surface area contributed by atoms with Crippen LogP contribution in [0.1, 0.15) is 27.0 Å². The van der Waals surface area contributed by atoms with Crippen molar-refractivity contribution in [1.82, 2.24) is 9.55 Å². The van der Waals surface area contributed by atoms with Crippen LogP contribution in [0, 0.1) is 19.7 Å². The Labute approximate surface area is 154 Å². The van der Waals surface area contributed by atoms with Gasteiger partial charge in [0.05, 0.1) is 6.54 Å². The first kappa shape index (κ1) is 18.3. The molecule has 0 spiro atoms. The Kier molecular flexibility index (Phi) is 5.03. The van der Waals surface area contributed by atoms with Gasteiger partial charge in [0.25, 0.3) is 11.5 Å². The molecule has 0 aliphatic rings. The summed E-state index contributed by atoms with van der Waals surface area (Å²) in [5, 5.41) is 2.64. The molecule has 6 nitrogen and oxygen atoms in total. The highest BCUT2D eigenvalue weighted by Crippen LogP contribution is 2.14. The smallest absolute Gasteiger partial charge is 0.322 e. The minimum absolute atomic E-state index is 0.178. The highest BCUT2D eigenvalue weighted by molar-refractivity contribution is 6.03. The number of amides is 1. The van der Waals surface area contributed by atoms with Crippen molar-refractivity contribution in [3.05, 3.63) is 97.6 Å². The summed E-state index contributed by atoms with van der Waals surface area (Å²) in [7, 11) is 0. The molecule has 0 unspecified atom stereocenters. The van der Waals surface area contributed by atoms with E-state index in [0.717, 1.165) is 21.9 Å². The molecule has 0 radical (unpaired) electrons. The molecule has 3 rings (SSSR count). The molecule has 0 fully saturated rings. The van der Waals surface area contributed by atoms with Crippen molar-refractivity contribution in [2.45, 2.75) is 20.4 Å². The molecule has 138 valence electrons. The largest absolute Gasteiger partial charge is 0.328 e. The van der Waals surface area contributed by atoms with Gasteiger partial charge in [-0.2, -0.15) is 0 Å². The van der Waals surface area contributed by atoms with Crippen LogP contribution in [0.25, 0.3) is 0 Å². The Bertz CT molecular complexity index is 1130. The second kappa shape index (κ2) is 7.41. The number of rotatable bonds is 4. The predicted molar refractivity (Wildman–Crippen MR) is 101 cm³/mol. The molecule has 0 saturated heterocycles. The third-order valence-electron chi connectivity index (χ3n) is 4.36. The zero-order chi connectivity index (χ0) is 19.6. The Morgan fingerprint density at radius 1 is 1.11 bits per heavy atom. The zero-order valence-corrected chi connectivity index (χ0v) is 14.9. The van der Waals surface area contributed by atoms with Crippen LogP contribution in [0.3, 0.4) is 0 Å². The van der Waals surface area contributed by atoms with Crippen molar-refractivity contribution in [3.63, 3.8) is 0 Å². The predicted octanol–water partition coefficient (Wildman–Crippen LogP) is 2.59. The third-order valence-corrected chi connectivity index (χ3v) is 4.36. The van der Waals surface area contributed by atoms with Crippen molar-refractivity contribution in [2.24, 2.45) is 0 Å². The van der Waals surface area contributed by atoms with Crippen LogP contribution >= 0.6 is 0 Å². The van der Waals surface area contributed by atoms with Crippen molar-refractivity contribution in [2.75, 3.05) is 5.32 Å². The molecule has 27 heavy (non-hydrogen) atoms. The topological polar surface area (TPSA) is 84.0 Å². The summed E-state index contributed by atoms with van der Waals surface area (Å²) in [6.07, 6.45) is 1.07. The Hall–Kier alpha value is -3.48. The van der Waals surface area contributed by atoms with Crippen LogP contribution in [0.15, 0.2) is 58.3 Å². The number of hydrogen-bond donors (Lipinski definition) is 2. The normalized spacial score (nSPS) is 10.6. The number of nitrogens with one attached hydrogen (secondary N) is 2. The number of H-pyrrole nitrogens is 1. The van der Waals surface area contributed by atoms with E-state index in [-0.39, 0.29) is 17.7 Å². The first-order valence-electron chi connectivity index (χ1n) is 8.31. The van der Waals surface area contributed by atoms with Crippen LogP contribution in [-0.2, 0) is 6.54 Å². The van der Waals surface area contributed by atoms with Crippen molar-refractivity contribution >= 4 is 11.6 Å². The minimum atomic E-state index is -0.789. The SMILES string of the molecule is Cc1ccc(NC(=O)c2c[nH]c(=O)n(Cc3ccccc3F)c2=O)cc1C. The number of aryl methyl sites for hydroxylation is 2. The standard InChI is InChI=1S/C20H18FN3O3/c1-12-7-8-15(9-13(12)2)23-18(25)16-10-22-20(27)24(19(16)26)11-14-5-3-4-6-17(14)21/h3-10H,11H2,1-2H3,(H,22,27)(H,23,25). The fourth-order valence-electron chi connectivity index (χ4n) is 2.63. The lowest BCUT2D eigenvalue weighted by molar-refractivity contribution is 0.102. The van der Waals surface area contributed by atoms with E-state index in [0.29, 0.717) is 5.69 Å². The van der Waals surface area contributed by atoms with E-state index in [9.17, 15) is 18.8 Å². The fraction of sp³-hybridized carbons (Fsp3) is 0.150. The first-order chi connectivity index (χ1) is 12.9. The number of aromatic nitrogens is 2. The minimum Gasteiger partial charge on any atom is -0.322 e. The molecular weight excluding hydrogens is 349 g/mol. The van der Waals surface area contributed by atoms with E-state index in [1.807, 2.05) is 19.9 Å². The number of hydrogen-bond acceptors (Lipinski definition) is 3. The van der Waals surface area contributed by atoms with Crippen LogP contribution in [-0.4, -0.2) is 15.5 Å². The summed E-state index contributed by atoms with van der Waals surface area (Å²) in [5.41, 5.74) is 1.04. The van der Waals surface area contributed by atoms with Crippen LogP contribution < -0.4 is 16.6 Å². The van der Waals surface area contributed by atoms with Gasteiger partial charge in [0.1, 0.15) is 11.4 Å². The molecule has 0 atom stereocenters. The Balaban J connectivity index is 1.93. The number of nitrogens with zero attached hydrogens (tertiary/aromatic N) is 1. The van der Waals surface area contributed by atoms with Crippen LogP contribution in [0.2, 0.25) is 0 Å². The van der Waals surface area contributed by atoms with Gasteiger partial charge in [-0.3, -0.25) is 14.2 Å². The maximum atomic E-state index is 13.8. The van der Waals surface area contributed by atoms with E-state index in [1.165, 1.54) is 18.2 Å². The number of carbonyl (C=O) groups is 1. The van der Waals surface area contributed by atoms with E-state index in [4.69, 9.17) is 0 Å². The monoisotopic (exact) mass is 367 g/mol. The lowest BCUT2D eigenvalue weighted by Crippen LogP contribution is -2.39. The van der Waals surface area contributed by atoms with Crippen LogP contribution in [0.4, 0.5) is 10.1 Å². The van der Waals surface area contributed by atoms with E-state index < -0.39 is 23.0 Å². The molecule has 1 aromatic heterocycles. The number of anilines is 1. The molecule has 0 saturated carbocycles. The van der Waals surface area contributed by atoms with E-state index in [2.05, 4.69) is 10.3 Å². The summed E-state index contributed by atoms with van der Waals surface area (Å²) in [4.78, 5) is 39.5. The number of aromatic amines is 1. The molecule has 1 heterocycles. The summed E-state index contributed by atoms with van der Waals surface area (Å²) in [5.74, 6) is -1.18. The lowest BCUT2D eigenvalue weighted by atomic mass is 10.1. The van der Waals surface area contributed by atoms with Crippen molar-refractivity contribution in [3.8, 4) is 0 Å². The van der Waals surface area contributed by atoms with Gasteiger partial charge in [-0.1, -0.05) is 24.3 Å². The molecule has 0 aliphatic heterocycles. The van der Waals surface area contributed by atoms with E-state index in [1.54, 1.807) is 18.2 Å². The van der Waals surface area contributed by atoms with Gasteiger partial charge in [0.15, 0.2) is 0 Å². The van der Waals surface area contributed by atoms with E-state index >= 15 is 0 Å². The van der Waals surface area contributed by atoms with Gasteiger partial charge in [0, 0.05) is 17.4 Å². The maximum absolute atomic E-state index is 13.8. The summed E-state index contributed by atoms with van der Waals surface area (Å²) in [6, 6.07) is 11.2. The van der Waals surface area contributed by atoms with Gasteiger partial charge in [-0.15, -0.1) is 0 Å². The van der Waals surface area contributed by atoms with Gasteiger partial charge in [0.2, 0.25) is 0 Å². The van der Waals surface area contributed by atoms with Gasteiger partial charge >= 0.3 is 5.69 Å². The fourth-order valence-corrected chi connectivity index (χ4v) is 2.63. The highest BCUT2D eigenvalue weighted by atomic mass is 19.1. The second-order valence-corrected chi connectivity index (χ2v) is 6.24. The lowest BCUT2D eigenvalue weighted by Gasteiger charge is -2.10. The molecule has 2 aromatic carbocycles. The maximum Gasteiger partial charge on any atom is 0.328 e. The molecule has 2 N–H and O–H groups in total. The average Bonchev–Trinajstić information content (AvgIpc) is 2.63. The first-order valence-corrected chi connectivity index (χ1v) is 8.31. The molecule has 1 amide bonds. The summed E-state index contributed by atoms with van der Waals surface area (Å²) < 4.78 is 14.6. The molecule has 0 aliphatic carbocycles. The van der Waals surface area contributed by atoms with Gasteiger partial charge in [-0.05, 0) is 43.2 Å². The van der Waals surface area contributed by atoms with Crippen molar-refractivity contribution in [1.29, 1.82) is 0 Å². The third kappa shape index (κ3) is 3.87. The summed E-state index contributed by atoms with van der Waals surface area (Å²) in [6.45, 7) is 3.59. The zero-order valence-electron chi connectivity index (χ0n) is 14.9. The number of benzene rings is 2. The summed E-state index contributed by atoms with van der Waals surface area (Å²) >= 11 is 0. The Morgan fingerprint density at radius 2 is 1.85 bits per heavy atom. The molecule has 3 aromatic rings. The number of halogens is 1. The highest BCUT2D eigenvalue weighted by Gasteiger charge is 2.16. The Morgan fingerprint density at radius 3 is 2.56 bits per heavy atom. The van der Waals surface area contributed by atoms with Gasteiger partial charge < -0.3 is 10.3 Å².